The fourth-order valence-electron chi connectivity index (χ4n) is 10.5. The molecule has 0 aliphatic carbocycles. The fraction of sp³-hybridized carbons (Fsp3) is 0.397. The molecule has 4 heterocycles. The zero-order chi connectivity index (χ0) is 47.9. The molecule has 0 radical (unpaired) electrons. The van der Waals surface area contributed by atoms with Crippen LogP contribution in [-0.4, -0.2) is 19.9 Å². The van der Waals surface area contributed by atoms with E-state index in [2.05, 4.69) is 153 Å². The first-order valence-electron chi connectivity index (χ1n) is 27.0. The molecule has 9 rings (SSSR count). The van der Waals surface area contributed by atoms with Gasteiger partial charge in [-0.3, -0.25) is 0 Å². The zero-order valence-corrected chi connectivity index (χ0v) is 44.5. The summed E-state index contributed by atoms with van der Waals surface area (Å²) in [6.45, 7) is 7.68. The van der Waals surface area contributed by atoms with Crippen LogP contribution in [0.5, 0.6) is 5.75 Å². The lowest BCUT2D eigenvalue weighted by molar-refractivity contribution is 0.308. The Bertz CT molecular complexity index is 3000. The van der Waals surface area contributed by atoms with E-state index in [9.17, 15) is 0 Å². The van der Waals surface area contributed by atoms with Gasteiger partial charge < -0.3 is 9.30 Å². The van der Waals surface area contributed by atoms with Crippen LogP contribution in [0.1, 0.15) is 155 Å². The van der Waals surface area contributed by atoms with E-state index < -0.39 is 0 Å². The summed E-state index contributed by atoms with van der Waals surface area (Å²) < 4.78 is 19.6. The van der Waals surface area contributed by atoms with Gasteiger partial charge in [0, 0.05) is 47.4 Å². The summed E-state index contributed by atoms with van der Waals surface area (Å²) in [5.41, 5.74) is 11.9. The summed E-state index contributed by atoms with van der Waals surface area (Å²) in [6.07, 6.45) is 25.6. The Hall–Kier alpha value is -5.08. The van der Waals surface area contributed by atoms with Gasteiger partial charge >= 0.3 is 0 Å². The summed E-state index contributed by atoms with van der Waals surface area (Å²) in [5.74, 6) is 1.03. The fourth-order valence-corrected chi connectivity index (χ4v) is 13.2. The van der Waals surface area contributed by atoms with Gasteiger partial charge in [-0.1, -0.05) is 215 Å². The highest BCUT2D eigenvalue weighted by Gasteiger charge is 2.24. The van der Waals surface area contributed by atoms with Crippen LogP contribution < -0.4 is 4.74 Å². The Morgan fingerprint density at radius 3 is 1.53 bits per heavy atom. The number of nitrogens with zero attached hydrogens (tertiary/aromatic N) is 3. The summed E-state index contributed by atoms with van der Waals surface area (Å²) in [4.78, 5) is 4.97. The highest BCUT2D eigenvalue weighted by molar-refractivity contribution is 7.19. The topological polar surface area (TPSA) is 39.9 Å². The standard InChI is InChI=1S/C63H73N3OS3/c1-4-7-10-13-16-25-32-50(33-26-17-14-11-8-5-2)66-54-43-48(34-35-51(54)61-55(66)44-49(46-28-21-19-22-29-46)45-56(61)67-42-27-18-15-12-9-6-3)58-39-41-60(69-58)53-37-36-52(62-63(53)65-70-64-62)59-40-38-57(68-59)47-30-23-20-24-31-47/h19-24,28-31,34-41,43-45,50H,4-18,25-27,32-33,42H2,1-3H3. The monoisotopic (exact) mass is 983 g/mol. The first-order chi connectivity index (χ1) is 34.6. The van der Waals surface area contributed by atoms with E-state index >= 15 is 0 Å². The molecule has 0 fully saturated rings. The van der Waals surface area contributed by atoms with Crippen LogP contribution in [0.4, 0.5) is 0 Å². The summed E-state index contributed by atoms with van der Waals surface area (Å²) in [6, 6.07) is 47.8. The molecular weight excluding hydrogens is 911 g/mol. The molecule has 0 bridgehead atoms. The predicted molar refractivity (Wildman–Crippen MR) is 307 cm³/mol. The quantitative estimate of drug-likeness (QED) is 0.0459. The highest BCUT2D eigenvalue weighted by atomic mass is 32.1. The first-order valence-corrected chi connectivity index (χ1v) is 29.3. The van der Waals surface area contributed by atoms with Crippen LogP contribution in [0.2, 0.25) is 0 Å². The second kappa shape index (κ2) is 25.3. The molecule has 9 aromatic rings. The molecule has 0 amide bonds. The molecule has 5 aromatic carbocycles. The van der Waals surface area contributed by atoms with Crippen molar-refractivity contribution < 1.29 is 4.74 Å². The smallest absolute Gasteiger partial charge is 0.129 e. The summed E-state index contributed by atoms with van der Waals surface area (Å²) >= 11 is 5.00. The number of aromatic nitrogens is 3. The van der Waals surface area contributed by atoms with Crippen molar-refractivity contribution >= 4 is 67.2 Å². The van der Waals surface area contributed by atoms with Gasteiger partial charge in [-0.15, -0.1) is 22.7 Å². The van der Waals surface area contributed by atoms with Crippen LogP contribution in [0, 0.1) is 0 Å². The van der Waals surface area contributed by atoms with E-state index in [0.29, 0.717) is 6.04 Å². The van der Waals surface area contributed by atoms with Gasteiger partial charge in [0.1, 0.15) is 16.8 Å². The second-order valence-corrected chi connectivity index (χ2v) is 22.2. The maximum atomic E-state index is 6.99. The lowest BCUT2D eigenvalue weighted by Crippen LogP contribution is -2.10. The van der Waals surface area contributed by atoms with Crippen LogP contribution in [0.15, 0.2) is 127 Å². The molecule has 0 saturated carbocycles. The molecule has 364 valence electrons. The van der Waals surface area contributed by atoms with Gasteiger partial charge in [-0.2, -0.15) is 8.75 Å². The van der Waals surface area contributed by atoms with E-state index in [1.165, 1.54) is 197 Å². The number of rotatable bonds is 28. The van der Waals surface area contributed by atoms with E-state index in [0.717, 1.165) is 40.9 Å². The minimum Gasteiger partial charge on any atom is -0.493 e. The largest absolute Gasteiger partial charge is 0.493 e. The van der Waals surface area contributed by atoms with Crippen molar-refractivity contribution in [1.82, 2.24) is 13.3 Å². The zero-order valence-electron chi connectivity index (χ0n) is 42.0. The lowest BCUT2D eigenvalue weighted by Gasteiger charge is -2.23. The van der Waals surface area contributed by atoms with Crippen molar-refractivity contribution in [1.29, 1.82) is 0 Å². The third-order valence-corrected chi connectivity index (χ3v) is 17.2. The Labute approximate surface area is 430 Å². The van der Waals surface area contributed by atoms with Gasteiger partial charge in [-0.05, 0) is 84.0 Å². The van der Waals surface area contributed by atoms with E-state index in [-0.39, 0.29) is 0 Å². The minimum atomic E-state index is 0.403. The van der Waals surface area contributed by atoms with Crippen LogP contribution in [0.3, 0.4) is 0 Å². The molecule has 0 aliphatic rings. The number of benzene rings is 5. The van der Waals surface area contributed by atoms with Crippen LogP contribution in [-0.2, 0) is 0 Å². The molecule has 7 heteroatoms. The van der Waals surface area contributed by atoms with Gasteiger partial charge in [0.2, 0.25) is 0 Å². The molecule has 0 atom stereocenters. The molecule has 4 aromatic heterocycles. The van der Waals surface area contributed by atoms with Gasteiger partial charge in [0.05, 0.1) is 29.4 Å². The summed E-state index contributed by atoms with van der Waals surface area (Å²) in [7, 11) is 0. The number of hydrogen-bond donors (Lipinski definition) is 0. The first kappa shape index (κ1) is 49.9. The molecule has 0 spiro atoms. The highest BCUT2D eigenvalue weighted by Crippen LogP contribution is 2.46. The van der Waals surface area contributed by atoms with E-state index in [4.69, 9.17) is 13.5 Å². The van der Waals surface area contributed by atoms with Gasteiger partial charge in [-0.25, -0.2) is 0 Å². The van der Waals surface area contributed by atoms with Crippen molar-refractivity contribution in [2.45, 2.75) is 155 Å². The molecule has 4 nitrogen and oxygen atoms in total. The molecule has 70 heavy (non-hydrogen) atoms. The normalized spacial score (nSPS) is 11.8. The van der Waals surface area contributed by atoms with Crippen molar-refractivity contribution in [3.05, 3.63) is 127 Å². The van der Waals surface area contributed by atoms with Gasteiger partial charge in [0.25, 0.3) is 0 Å². The summed E-state index contributed by atoms with van der Waals surface area (Å²) in [5, 5.41) is 2.58. The van der Waals surface area contributed by atoms with E-state index in [1.807, 2.05) is 22.7 Å². The molecule has 0 unspecified atom stereocenters. The number of hydrogen-bond acceptors (Lipinski definition) is 6. The van der Waals surface area contributed by atoms with E-state index in [1.54, 1.807) is 0 Å². The molecule has 0 N–H and O–H groups in total. The Morgan fingerprint density at radius 2 is 0.943 bits per heavy atom. The van der Waals surface area contributed by atoms with Gasteiger partial charge in [0.15, 0.2) is 0 Å². The number of thiophene rings is 2. The Balaban J connectivity index is 1.11. The number of unbranched alkanes of at least 4 members (excludes halogenated alkanes) is 15. The van der Waals surface area contributed by atoms with Crippen molar-refractivity contribution in [2.24, 2.45) is 0 Å². The van der Waals surface area contributed by atoms with Crippen molar-refractivity contribution in [3.8, 4) is 58.6 Å². The Kier molecular flexibility index (Phi) is 18.1. The number of ether oxygens (including phenoxy) is 1. The third kappa shape index (κ3) is 12.0. The van der Waals surface area contributed by atoms with Crippen LogP contribution in [0.25, 0.3) is 85.7 Å². The Morgan fingerprint density at radius 1 is 0.443 bits per heavy atom. The molecule has 0 aliphatic heterocycles. The van der Waals surface area contributed by atoms with Crippen LogP contribution >= 0.6 is 34.4 Å². The average Bonchev–Trinajstić information content (AvgIpc) is 4.25. The molecular formula is C63H73N3OS3. The predicted octanol–water partition coefficient (Wildman–Crippen LogP) is 21.0. The van der Waals surface area contributed by atoms with Crippen molar-refractivity contribution in [3.63, 3.8) is 0 Å². The SMILES string of the molecule is CCCCCCCCOc1cc(-c2ccccc2)cc2c1c1ccc(-c3ccc(-c4ccc(-c5ccc(-c6ccccc6)s5)c5nsnc45)s3)cc1n2C(CCCCCCCC)CCCCCCCC. The average molecular weight is 984 g/mol. The second-order valence-electron chi connectivity index (χ2n) is 19.5. The number of fused-ring (bicyclic) bond motifs is 4. The maximum Gasteiger partial charge on any atom is 0.129 e. The van der Waals surface area contributed by atoms with Crippen molar-refractivity contribution in [2.75, 3.05) is 6.61 Å². The molecule has 0 saturated heterocycles. The minimum absolute atomic E-state index is 0.403. The lowest BCUT2D eigenvalue weighted by atomic mass is 9.99. The maximum absolute atomic E-state index is 6.99. The third-order valence-electron chi connectivity index (χ3n) is 14.4.